The van der Waals surface area contributed by atoms with Crippen LogP contribution in [-0.4, -0.2) is 14.5 Å². The highest BCUT2D eigenvalue weighted by molar-refractivity contribution is 7.25. The van der Waals surface area contributed by atoms with Crippen LogP contribution in [0.3, 0.4) is 0 Å². The van der Waals surface area contributed by atoms with Gasteiger partial charge in [0.25, 0.3) is 0 Å². The van der Waals surface area contributed by atoms with Gasteiger partial charge in [0.05, 0.1) is 16.6 Å². The predicted molar refractivity (Wildman–Crippen MR) is 170 cm³/mol. The molecule has 0 atom stereocenters. The Hall–Kier alpha value is -5.06. The maximum atomic E-state index is 4.96. The van der Waals surface area contributed by atoms with E-state index in [1.807, 2.05) is 35.7 Å². The van der Waals surface area contributed by atoms with Crippen LogP contribution in [0.15, 0.2) is 128 Å². The Bertz CT molecular complexity index is 2450. The first kappa shape index (κ1) is 21.8. The van der Waals surface area contributed by atoms with Gasteiger partial charge in [-0.2, -0.15) is 0 Å². The summed E-state index contributed by atoms with van der Waals surface area (Å²) in [4.78, 5) is 9.76. The normalized spacial score (nSPS) is 12.0. The zero-order valence-corrected chi connectivity index (χ0v) is 22.2. The maximum absolute atomic E-state index is 4.96. The minimum Gasteiger partial charge on any atom is -0.278 e. The van der Waals surface area contributed by atoms with E-state index < -0.39 is 0 Å². The zero-order valence-electron chi connectivity index (χ0n) is 21.4. The third-order valence-corrected chi connectivity index (χ3v) is 9.19. The van der Waals surface area contributed by atoms with Crippen LogP contribution in [0.2, 0.25) is 0 Å². The highest BCUT2D eigenvalue weighted by atomic mass is 32.1. The van der Waals surface area contributed by atoms with E-state index in [4.69, 9.17) is 9.97 Å². The quantitative estimate of drug-likeness (QED) is 0.224. The monoisotopic (exact) mass is 527 g/mol. The largest absolute Gasteiger partial charge is 0.278 e. The van der Waals surface area contributed by atoms with Gasteiger partial charge >= 0.3 is 0 Å². The van der Waals surface area contributed by atoms with Crippen LogP contribution in [-0.2, 0) is 0 Å². The van der Waals surface area contributed by atoms with Gasteiger partial charge in [-0.05, 0) is 64.4 Å². The van der Waals surface area contributed by atoms with Crippen molar-refractivity contribution in [3.8, 4) is 17.1 Å². The highest BCUT2D eigenvalue weighted by Crippen LogP contribution is 2.40. The van der Waals surface area contributed by atoms with Gasteiger partial charge in [-0.15, -0.1) is 11.3 Å². The van der Waals surface area contributed by atoms with E-state index in [9.17, 15) is 0 Å². The molecule has 4 heteroatoms. The molecule has 3 nitrogen and oxygen atoms in total. The molecule has 0 unspecified atom stereocenters. The fourth-order valence-corrected chi connectivity index (χ4v) is 7.24. The van der Waals surface area contributed by atoms with Crippen LogP contribution in [0.1, 0.15) is 0 Å². The van der Waals surface area contributed by atoms with Gasteiger partial charge in [0.2, 0.25) is 5.95 Å². The molecular weight excluding hydrogens is 506 g/mol. The van der Waals surface area contributed by atoms with E-state index in [-0.39, 0.29) is 0 Å². The number of hydrogen-bond acceptors (Lipinski definition) is 3. The SMILES string of the molecule is c1ccc2nc(-n3c4ccccc4c4c5cc(-c6ccc7sc8ccccc8c7c6)ccc5ccc43)ncc2c1. The Labute approximate surface area is 233 Å². The van der Waals surface area contributed by atoms with E-state index in [1.54, 1.807) is 0 Å². The summed E-state index contributed by atoms with van der Waals surface area (Å²) >= 11 is 1.86. The molecule has 186 valence electrons. The third kappa shape index (κ3) is 3.11. The summed E-state index contributed by atoms with van der Waals surface area (Å²) in [5.74, 6) is 0.690. The van der Waals surface area contributed by atoms with Gasteiger partial charge in [-0.3, -0.25) is 4.57 Å². The van der Waals surface area contributed by atoms with Gasteiger partial charge in [-0.25, -0.2) is 9.97 Å². The van der Waals surface area contributed by atoms with Gasteiger partial charge < -0.3 is 0 Å². The van der Waals surface area contributed by atoms with Crippen molar-refractivity contribution in [2.75, 3.05) is 0 Å². The van der Waals surface area contributed by atoms with E-state index >= 15 is 0 Å². The van der Waals surface area contributed by atoms with E-state index in [0.717, 1.165) is 21.9 Å². The number of benzene rings is 6. The van der Waals surface area contributed by atoms with Gasteiger partial charge in [0, 0.05) is 42.5 Å². The molecule has 0 bridgehead atoms. The summed E-state index contributed by atoms with van der Waals surface area (Å²) < 4.78 is 4.86. The van der Waals surface area contributed by atoms with Gasteiger partial charge in [-0.1, -0.05) is 78.9 Å². The van der Waals surface area contributed by atoms with Crippen LogP contribution in [0.4, 0.5) is 0 Å². The van der Waals surface area contributed by atoms with Crippen LogP contribution in [0, 0.1) is 0 Å². The zero-order chi connectivity index (χ0) is 26.2. The fraction of sp³-hybridized carbons (Fsp3) is 0. The number of thiophene rings is 1. The molecule has 0 spiro atoms. The van der Waals surface area contributed by atoms with Gasteiger partial charge in [0.15, 0.2) is 0 Å². The van der Waals surface area contributed by atoms with Crippen molar-refractivity contribution in [3.05, 3.63) is 128 Å². The molecule has 0 aliphatic carbocycles. The maximum Gasteiger partial charge on any atom is 0.235 e. The average Bonchev–Trinajstić information content (AvgIpc) is 3.56. The lowest BCUT2D eigenvalue weighted by molar-refractivity contribution is 1.01. The van der Waals surface area contributed by atoms with Crippen molar-refractivity contribution in [1.29, 1.82) is 0 Å². The lowest BCUT2D eigenvalue weighted by Crippen LogP contribution is -2.00. The summed E-state index contributed by atoms with van der Waals surface area (Å²) in [5, 5.41) is 8.58. The van der Waals surface area contributed by atoms with Crippen molar-refractivity contribution in [3.63, 3.8) is 0 Å². The smallest absolute Gasteiger partial charge is 0.235 e. The first-order chi connectivity index (χ1) is 19.8. The summed E-state index contributed by atoms with van der Waals surface area (Å²) in [6.45, 7) is 0. The van der Waals surface area contributed by atoms with Crippen molar-refractivity contribution < 1.29 is 0 Å². The Morgan fingerprint density at radius 3 is 2.20 bits per heavy atom. The number of fused-ring (bicyclic) bond motifs is 9. The van der Waals surface area contributed by atoms with E-state index in [2.05, 4.69) is 108 Å². The van der Waals surface area contributed by atoms with Crippen molar-refractivity contribution in [1.82, 2.24) is 14.5 Å². The first-order valence-corrected chi connectivity index (χ1v) is 14.2. The van der Waals surface area contributed by atoms with Crippen LogP contribution in [0.25, 0.3) is 80.7 Å². The average molecular weight is 528 g/mol. The molecular formula is C36H21N3S. The molecule has 0 amide bonds. The van der Waals surface area contributed by atoms with Crippen molar-refractivity contribution >= 4 is 75.0 Å². The summed E-state index contributed by atoms with van der Waals surface area (Å²) in [6, 6.07) is 43.6. The molecule has 0 aliphatic heterocycles. The number of rotatable bonds is 2. The Morgan fingerprint density at radius 1 is 0.525 bits per heavy atom. The fourth-order valence-electron chi connectivity index (χ4n) is 6.16. The second-order valence-electron chi connectivity index (χ2n) is 10.3. The molecule has 0 radical (unpaired) electrons. The molecule has 9 aromatic rings. The second-order valence-corrected chi connectivity index (χ2v) is 11.4. The third-order valence-electron chi connectivity index (χ3n) is 8.04. The van der Waals surface area contributed by atoms with E-state index in [1.165, 1.54) is 52.8 Å². The molecule has 3 heterocycles. The Kier molecular flexibility index (Phi) is 4.48. The lowest BCUT2D eigenvalue weighted by Gasteiger charge is -2.09. The highest BCUT2D eigenvalue weighted by Gasteiger charge is 2.17. The standard InChI is InChI=1S/C36H21N3S/c1-4-10-30-25(7-1)21-37-36(38-30)39-31-11-5-2-9-27(31)35-28-19-23(14-13-22(28)15-17-32(35)39)24-16-18-34-29(20-24)26-8-3-6-12-33(26)40-34/h1-21H. The summed E-state index contributed by atoms with van der Waals surface area (Å²) in [7, 11) is 0. The first-order valence-electron chi connectivity index (χ1n) is 13.4. The molecule has 0 saturated heterocycles. The minimum atomic E-state index is 0.690. The molecule has 3 aromatic heterocycles. The number of nitrogens with zero attached hydrogens (tertiary/aromatic N) is 3. The van der Waals surface area contributed by atoms with Gasteiger partial charge in [0.1, 0.15) is 0 Å². The van der Waals surface area contributed by atoms with Crippen molar-refractivity contribution in [2.24, 2.45) is 0 Å². The minimum absolute atomic E-state index is 0.690. The second kappa shape index (κ2) is 8.22. The van der Waals surface area contributed by atoms with Crippen LogP contribution < -0.4 is 0 Å². The van der Waals surface area contributed by atoms with E-state index in [0.29, 0.717) is 5.95 Å². The molecule has 0 aliphatic rings. The lowest BCUT2D eigenvalue weighted by atomic mass is 9.97. The molecule has 9 rings (SSSR count). The Balaban J connectivity index is 1.32. The molecule has 0 fully saturated rings. The van der Waals surface area contributed by atoms with Crippen molar-refractivity contribution in [2.45, 2.75) is 0 Å². The summed E-state index contributed by atoms with van der Waals surface area (Å²) in [5.41, 5.74) is 5.61. The van der Waals surface area contributed by atoms with Crippen LogP contribution >= 0.6 is 11.3 Å². The predicted octanol–water partition coefficient (Wildman–Crippen LogP) is 9.91. The number of hydrogen-bond donors (Lipinski definition) is 0. The number of para-hydroxylation sites is 2. The Morgan fingerprint density at radius 2 is 1.25 bits per heavy atom. The molecule has 0 N–H and O–H groups in total. The molecule has 40 heavy (non-hydrogen) atoms. The number of aromatic nitrogens is 3. The van der Waals surface area contributed by atoms with Crippen LogP contribution in [0.5, 0.6) is 0 Å². The topological polar surface area (TPSA) is 30.7 Å². The molecule has 6 aromatic carbocycles. The summed E-state index contributed by atoms with van der Waals surface area (Å²) in [6.07, 6.45) is 1.92. The molecule has 0 saturated carbocycles.